The summed E-state index contributed by atoms with van der Waals surface area (Å²) in [6.07, 6.45) is 3.37. The molecule has 3 N–H and O–H groups in total. The third-order valence-electron chi connectivity index (χ3n) is 3.63. The molecular weight excluding hydrogens is 276 g/mol. The van der Waals surface area contributed by atoms with Crippen molar-refractivity contribution in [2.24, 2.45) is 11.7 Å². The van der Waals surface area contributed by atoms with Gasteiger partial charge in [-0.05, 0) is 33.6 Å². The number of hydrogen-bond donors (Lipinski definition) is 2. The minimum Gasteiger partial charge on any atom is -0.345 e. The number of rotatable bonds is 4. The van der Waals surface area contributed by atoms with Gasteiger partial charge in [-0.2, -0.15) is 5.10 Å². The quantitative estimate of drug-likeness (QED) is 0.895. The SMILES string of the molecule is CC(C)C(C)(CN)NC(=O)c1cnn(C(C)(C)C)c1.Cl. The summed E-state index contributed by atoms with van der Waals surface area (Å²) in [7, 11) is 0. The average Bonchev–Trinajstić information content (AvgIpc) is 2.77. The Morgan fingerprint density at radius 3 is 2.30 bits per heavy atom. The maximum atomic E-state index is 12.2. The smallest absolute Gasteiger partial charge is 0.254 e. The second kappa shape index (κ2) is 6.59. The molecule has 0 aliphatic heterocycles. The molecular formula is C14H27ClN4O. The molecule has 20 heavy (non-hydrogen) atoms. The van der Waals surface area contributed by atoms with Crippen LogP contribution in [0.1, 0.15) is 51.9 Å². The van der Waals surface area contributed by atoms with E-state index in [-0.39, 0.29) is 29.8 Å². The Morgan fingerprint density at radius 2 is 1.95 bits per heavy atom. The molecule has 0 saturated heterocycles. The summed E-state index contributed by atoms with van der Waals surface area (Å²) in [5.74, 6) is 0.135. The Balaban J connectivity index is 0.00000361. The van der Waals surface area contributed by atoms with Crippen LogP contribution in [-0.2, 0) is 5.54 Å². The van der Waals surface area contributed by atoms with Gasteiger partial charge >= 0.3 is 0 Å². The van der Waals surface area contributed by atoms with Gasteiger partial charge in [0.05, 0.1) is 22.8 Å². The Bertz CT molecular complexity index is 450. The number of nitrogens with two attached hydrogens (primary N) is 1. The van der Waals surface area contributed by atoms with Crippen LogP contribution in [0.3, 0.4) is 0 Å². The second-order valence-electron chi connectivity index (χ2n) is 6.57. The van der Waals surface area contributed by atoms with Crippen LogP contribution in [0, 0.1) is 5.92 Å². The Hall–Kier alpha value is -1.07. The van der Waals surface area contributed by atoms with Gasteiger partial charge in [-0.25, -0.2) is 0 Å². The topological polar surface area (TPSA) is 72.9 Å². The van der Waals surface area contributed by atoms with Gasteiger partial charge in [-0.15, -0.1) is 12.4 Å². The zero-order valence-corrected chi connectivity index (χ0v) is 14.0. The third kappa shape index (κ3) is 4.21. The van der Waals surface area contributed by atoms with Gasteiger partial charge in [0.25, 0.3) is 5.91 Å². The highest BCUT2D eigenvalue weighted by atomic mass is 35.5. The number of nitrogens with one attached hydrogen (secondary N) is 1. The molecule has 1 atom stereocenters. The lowest BCUT2D eigenvalue weighted by atomic mass is 9.88. The van der Waals surface area contributed by atoms with Crippen LogP contribution in [0.2, 0.25) is 0 Å². The van der Waals surface area contributed by atoms with Crippen molar-refractivity contribution in [3.05, 3.63) is 18.0 Å². The van der Waals surface area contributed by atoms with Crippen LogP contribution in [0.15, 0.2) is 12.4 Å². The molecule has 1 unspecified atom stereocenters. The monoisotopic (exact) mass is 302 g/mol. The van der Waals surface area contributed by atoms with Crippen molar-refractivity contribution in [2.75, 3.05) is 6.54 Å². The van der Waals surface area contributed by atoms with Gasteiger partial charge in [0, 0.05) is 12.7 Å². The third-order valence-corrected chi connectivity index (χ3v) is 3.63. The van der Waals surface area contributed by atoms with Crippen LogP contribution < -0.4 is 11.1 Å². The lowest BCUT2D eigenvalue weighted by Gasteiger charge is -2.33. The first kappa shape index (κ1) is 18.9. The van der Waals surface area contributed by atoms with Crippen LogP contribution in [0.5, 0.6) is 0 Å². The predicted octanol–water partition coefficient (Wildman–Crippen LogP) is 2.16. The van der Waals surface area contributed by atoms with Crippen LogP contribution in [0.4, 0.5) is 0 Å². The molecule has 5 nitrogen and oxygen atoms in total. The van der Waals surface area contributed by atoms with E-state index in [4.69, 9.17) is 5.73 Å². The van der Waals surface area contributed by atoms with Crippen LogP contribution in [-0.4, -0.2) is 27.8 Å². The molecule has 1 amide bonds. The molecule has 0 aromatic carbocycles. The van der Waals surface area contributed by atoms with Gasteiger partial charge in [-0.1, -0.05) is 13.8 Å². The highest BCUT2D eigenvalue weighted by Crippen LogP contribution is 2.17. The molecule has 0 spiro atoms. The molecule has 0 bridgehead atoms. The lowest BCUT2D eigenvalue weighted by molar-refractivity contribution is 0.0883. The summed E-state index contributed by atoms with van der Waals surface area (Å²) < 4.78 is 1.79. The van der Waals surface area contributed by atoms with Crippen molar-refractivity contribution in [2.45, 2.75) is 52.6 Å². The van der Waals surface area contributed by atoms with E-state index in [0.29, 0.717) is 12.1 Å². The molecule has 6 heteroatoms. The van der Waals surface area contributed by atoms with E-state index in [1.54, 1.807) is 17.1 Å². The van der Waals surface area contributed by atoms with Gasteiger partial charge < -0.3 is 11.1 Å². The first-order valence-corrected chi connectivity index (χ1v) is 6.68. The number of hydrogen-bond acceptors (Lipinski definition) is 3. The minimum absolute atomic E-state index is 0. The van der Waals surface area contributed by atoms with E-state index in [1.807, 2.05) is 41.5 Å². The van der Waals surface area contributed by atoms with Gasteiger partial charge in [0.15, 0.2) is 0 Å². The summed E-state index contributed by atoms with van der Waals surface area (Å²) in [4.78, 5) is 12.2. The zero-order valence-electron chi connectivity index (χ0n) is 13.2. The average molecular weight is 303 g/mol. The summed E-state index contributed by atoms with van der Waals surface area (Å²) in [6, 6.07) is 0. The lowest BCUT2D eigenvalue weighted by Crippen LogP contribution is -2.54. The van der Waals surface area contributed by atoms with E-state index >= 15 is 0 Å². The first-order valence-electron chi connectivity index (χ1n) is 6.68. The summed E-state index contributed by atoms with van der Waals surface area (Å²) in [6.45, 7) is 12.6. The summed E-state index contributed by atoms with van der Waals surface area (Å²) >= 11 is 0. The van der Waals surface area contributed by atoms with E-state index in [9.17, 15) is 4.79 Å². The molecule has 1 aromatic heterocycles. The summed E-state index contributed by atoms with van der Waals surface area (Å²) in [5.41, 5.74) is 5.81. The van der Waals surface area contributed by atoms with E-state index < -0.39 is 5.54 Å². The molecule has 0 radical (unpaired) electrons. The highest BCUT2D eigenvalue weighted by Gasteiger charge is 2.29. The van der Waals surface area contributed by atoms with Gasteiger partial charge in [0.1, 0.15) is 0 Å². The molecule has 1 rings (SSSR count). The molecule has 0 fully saturated rings. The van der Waals surface area contributed by atoms with Crippen LogP contribution in [0.25, 0.3) is 0 Å². The number of aromatic nitrogens is 2. The molecule has 116 valence electrons. The fourth-order valence-electron chi connectivity index (χ4n) is 1.57. The number of halogens is 1. The van der Waals surface area contributed by atoms with Crippen molar-refractivity contribution in [1.82, 2.24) is 15.1 Å². The molecule has 1 aromatic rings. The van der Waals surface area contributed by atoms with Crippen molar-refractivity contribution in [3.8, 4) is 0 Å². The molecule has 0 saturated carbocycles. The molecule has 1 heterocycles. The molecule has 0 aliphatic carbocycles. The van der Waals surface area contributed by atoms with Crippen molar-refractivity contribution in [3.63, 3.8) is 0 Å². The fraction of sp³-hybridized carbons (Fsp3) is 0.714. The van der Waals surface area contributed by atoms with E-state index in [2.05, 4.69) is 10.4 Å². The van der Waals surface area contributed by atoms with Gasteiger partial charge in [-0.3, -0.25) is 9.48 Å². The first-order chi connectivity index (χ1) is 8.60. The zero-order chi connectivity index (χ0) is 14.8. The normalized spacial score (nSPS) is 14.6. The largest absolute Gasteiger partial charge is 0.345 e. The minimum atomic E-state index is -0.402. The van der Waals surface area contributed by atoms with Crippen molar-refractivity contribution in [1.29, 1.82) is 0 Å². The van der Waals surface area contributed by atoms with Gasteiger partial charge in [0.2, 0.25) is 0 Å². The predicted molar refractivity (Wildman–Crippen MR) is 84.2 cm³/mol. The molecule has 0 aliphatic rings. The Kier molecular flexibility index (Phi) is 6.24. The van der Waals surface area contributed by atoms with Crippen molar-refractivity contribution < 1.29 is 4.79 Å². The second-order valence-corrected chi connectivity index (χ2v) is 6.57. The van der Waals surface area contributed by atoms with E-state index in [0.717, 1.165) is 0 Å². The van der Waals surface area contributed by atoms with Crippen LogP contribution >= 0.6 is 12.4 Å². The highest BCUT2D eigenvalue weighted by molar-refractivity contribution is 5.94. The number of amides is 1. The number of carbonyl (C=O) groups is 1. The fourth-order valence-corrected chi connectivity index (χ4v) is 1.57. The standard InChI is InChI=1S/C14H26N4O.ClH/c1-10(2)14(6,9-15)17-12(19)11-7-16-18(8-11)13(3,4)5;/h7-8,10H,9,15H2,1-6H3,(H,17,19);1H. The van der Waals surface area contributed by atoms with E-state index in [1.165, 1.54) is 0 Å². The number of carbonyl (C=O) groups excluding carboxylic acids is 1. The van der Waals surface area contributed by atoms with Crippen molar-refractivity contribution >= 4 is 18.3 Å². The summed E-state index contributed by atoms with van der Waals surface area (Å²) in [5, 5.41) is 7.24. The Morgan fingerprint density at radius 1 is 1.40 bits per heavy atom. The number of nitrogens with zero attached hydrogens (tertiary/aromatic N) is 2. The maximum absolute atomic E-state index is 12.2. The maximum Gasteiger partial charge on any atom is 0.254 e. The Labute approximate surface area is 127 Å².